The molecule has 264 valence electrons. The molecule has 6 rings (SSSR count). The number of aromatic nitrogens is 2. The normalized spacial score (nSPS) is 14.3. The largest absolute Gasteiger partial charge is 0.497 e. The van der Waals surface area contributed by atoms with E-state index in [4.69, 9.17) is 28.3 Å². The number of likely N-dealkylation sites (N-methyl/N-ethyl adjacent to an activating group) is 1. The first kappa shape index (κ1) is 34.7. The number of methoxy groups -OCH3 is 4. The van der Waals surface area contributed by atoms with E-state index < -0.39 is 0 Å². The smallest absolute Gasteiger partial charge is 0.253 e. The molecule has 1 amide bonds. The van der Waals surface area contributed by atoms with Gasteiger partial charge in [0.05, 0.1) is 52.3 Å². The van der Waals surface area contributed by atoms with Crippen LogP contribution in [0, 0.1) is 0 Å². The van der Waals surface area contributed by atoms with E-state index in [1.165, 1.54) is 0 Å². The SMILES string of the molecule is COc1cccc(C(CCN2CCCN(c3nc4ccccc4n3Cc3ccco3)CC2)CN(C)C(=O)c2cc(OC)c(OC)c(OC)c2)c1. The summed E-state index contributed by atoms with van der Waals surface area (Å²) in [7, 11) is 8.17. The summed E-state index contributed by atoms with van der Waals surface area (Å²) in [4.78, 5) is 25.6. The van der Waals surface area contributed by atoms with Crippen LogP contribution in [0.2, 0.25) is 0 Å². The van der Waals surface area contributed by atoms with Crippen molar-refractivity contribution >= 4 is 22.9 Å². The number of carbonyl (C=O) groups excluding carboxylic acids is 1. The van der Waals surface area contributed by atoms with Gasteiger partial charge in [-0.05, 0) is 80.0 Å². The molecule has 0 aliphatic carbocycles. The molecule has 5 aromatic rings. The summed E-state index contributed by atoms with van der Waals surface area (Å²) < 4.78 is 30.1. The quantitative estimate of drug-likeness (QED) is 0.136. The van der Waals surface area contributed by atoms with E-state index in [2.05, 4.69) is 44.7 Å². The van der Waals surface area contributed by atoms with Crippen molar-refractivity contribution < 1.29 is 28.2 Å². The second-order valence-corrected chi connectivity index (χ2v) is 12.6. The molecule has 11 nitrogen and oxygen atoms in total. The summed E-state index contributed by atoms with van der Waals surface area (Å²) in [6, 6.07) is 23.8. The van der Waals surface area contributed by atoms with Crippen LogP contribution in [0.4, 0.5) is 5.95 Å². The fourth-order valence-corrected chi connectivity index (χ4v) is 6.85. The third kappa shape index (κ3) is 7.68. The van der Waals surface area contributed by atoms with Crippen LogP contribution in [-0.4, -0.2) is 100 Å². The van der Waals surface area contributed by atoms with Crippen molar-refractivity contribution in [3.05, 3.63) is 95.9 Å². The lowest BCUT2D eigenvalue weighted by Gasteiger charge is -2.28. The number of amides is 1. The van der Waals surface area contributed by atoms with Crippen LogP contribution in [-0.2, 0) is 6.54 Å². The van der Waals surface area contributed by atoms with Crippen LogP contribution in [0.25, 0.3) is 11.0 Å². The molecule has 0 bridgehead atoms. The lowest BCUT2D eigenvalue weighted by Crippen LogP contribution is -2.35. The maximum Gasteiger partial charge on any atom is 0.253 e. The van der Waals surface area contributed by atoms with Gasteiger partial charge in [0.15, 0.2) is 11.5 Å². The summed E-state index contributed by atoms with van der Waals surface area (Å²) in [5.41, 5.74) is 3.70. The minimum absolute atomic E-state index is 0.0814. The fourth-order valence-electron chi connectivity index (χ4n) is 6.85. The van der Waals surface area contributed by atoms with Gasteiger partial charge < -0.3 is 42.6 Å². The van der Waals surface area contributed by atoms with Crippen LogP contribution in [0.5, 0.6) is 23.0 Å². The monoisotopic (exact) mass is 681 g/mol. The molecule has 0 N–H and O–H groups in total. The molecule has 1 saturated heterocycles. The van der Waals surface area contributed by atoms with E-state index in [0.29, 0.717) is 35.9 Å². The van der Waals surface area contributed by atoms with Crippen LogP contribution in [0.1, 0.15) is 40.4 Å². The highest BCUT2D eigenvalue weighted by molar-refractivity contribution is 5.95. The van der Waals surface area contributed by atoms with Crippen molar-refractivity contribution in [2.24, 2.45) is 0 Å². The number of carbonyl (C=O) groups is 1. The van der Waals surface area contributed by atoms with Crippen molar-refractivity contribution in [1.29, 1.82) is 0 Å². The lowest BCUT2D eigenvalue weighted by molar-refractivity contribution is 0.0782. The summed E-state index contributed by atoms with van der Waals surface area (Å²) in [5, 5.41) is 0. The highest BCUT2D eigenvalue weighted by atomic mass is 16.5. The molecule has 1 aliphatic rings. The average molecular weight is 682 g/mol. The molecule has 1 aliphatic heterocycles. The minimum Gasteiger partial charge on any atom is -0.497 e. The van der Waals surface area contributed by atoms with Gasteiger partial charge in [0, 0.05) is 44.7 Å². The molecule has 3 aromatic carbocycles. The summed E-state index contributed by atoms with van der Waals surface area (Å²) >= 11 is 0. The molecule has 3 heterocycles. The third-order valence-electron chi connectivity index (χ3n) is 9.51. The molecular formula is C39H47N5O6. The number of furan rings is 1. The van der Waals surface area contributed by atoms with E-state index in [1.54, 1.807) is 51.7 Å². The molecule has 1 atom stereocenters. The molecule has 1 unspecified atom stereocenters. The maximum atomic E-state index is 13.8. The predicted molar refractivity (Wildman–Crippen MR) is 194 cm³/mol. The fraction of sp³-hybridized carbons (Fsp3) is 0.385. The van der Waals surface area contributed by atoms with Crippen molar-refractivity contribution in [2.75, 3.05) is 79.7 Å². The summed E-state index contributed by atoms with van der Waals surface area (Å²) in [5.74, 6) is 3.98. The molecule has 0 radical (unpaired) electrons. The Bertz CT molecular complexity index is 1850. The first-order chi connectivity index (χ1) is 24.4. The van der Waals surface area contributed by atoms with Crippen LogP contribution in [0.15, 0.2) is 83.5 Å². The molecule has 2 aromatic heterocycles. The molecule has 11 heteroatoms. The van der Waals surface area contributed by atoms with Gasteiger partial charge in [-0.1, -0.05) is 24.3 Å². The minimum atomic E-state index is -0.125. The van der Waals surface area contributed by atoms with Gasteiger partial charge >= 0.3 is 0 Å². The Morgan fingerprint density at radius 3 is 2.40 bits per heavy atom. The van der Waals surface area contributed by atoms with Gasteiger partial charge in [-0.2, -0.15) is 0 Å². The Hall–Kier alpha value is -5.16. The van der Waals surface area contributed by atoms with Gasteiger partial charge in [0.1, 0.15) is 11.5 Å². The van der Waals surface area contributed by atoms with Crippen molar-refractivity contribution in [3.63, 3.8) is 0 Å². The number of fused-ring (bicyclic) bond motifs is 1. The van der Waals surface area contributed by atoms with Crippen molar-refractivity contribution in [3.8, 4) is 23.0 Å². The topological polar surface area (TPSA) is 94.7 Å². The van der Waals surface area contributed by atoms with Crippen LogP contribution < -0.4 is 23.8 Å². The Kier molecular flexibility index (Phi) is 11.1. The van der Waals surface area contributed by atoms with Gasteiger partial charge in [-0.3, -0.25) is 4.79 Å². The number of ether oxygens (including phenoxy) is 4. The molecule has 0 saturated carbocycles. The zero-order chi connectivity index (χ0) is 35.0. The second kappa shape index (κ2) is 16.0. The van der Waals surface area contributed by atoms with E-state index in [0.717, 1.165) is 79.6 Å². The Morgan fingerprint density at radius 1 is 0.880 bits per heavy atom. The van der Waals surface area contributed by atoms with Gasteiger partial charge in [-0.15, -0.1) is 0 Å². The number of benzene rings is 3. The number of imidazole rings is 1. The van der Waals surface area contributed by atoms with Crippen LogP contribution >= 0.6 is 0 Å². The van der Waals surface area contributed by atoms with E-state index >= 15 is 0 Å². The van der Waals surface area contributed by atoms with Crippen LogP contribution in [0.3, 0.4) is 0 Å². The predicted octanol–water partition coefficient (Wildman–Crippen LogP) is 6.17. The highest BCUT2D eigenvalue weighted by Crippen LogP contribution is 2.38. The number of para-hydroxylation sites is 2. The Morgan fingerprint density at radius 2 is 1.68 bits per heavy atom. The van der Waals surface area contributed by atoms with E-state index in [-0.39, 0.29) is 11.8 Å². The maximum absolute atomic E-state index is 13.8. The van der Waals surface area contributed by atoms with Crippen molar-refractivity contribution in [2.45, 2.75) is 25.3 Å². The molecular weight excluding hydrogens is 634 g/mol. The summed E-state index contributed by atoms with van der Waals surface area (Å²) in [6.45, 7) is 5.74. The van der Waals surface area contributed by atoms with Gasteiger partial charge in [0.25, 0.3) is 5.91 Å². The molecule has 1 fully saturated rings. The highest BCUT2D eigenvalue weighted by Gasteiger charge is 2.25. The first-order valence-electron chi connectivity index (χ1n) is 17.1. The van der Waals surface area contributed by atoms with Crippen molar-refractivity contribution in [1.82, 2.24) is 19.4 Å². The lowest BCUT2D eigenvalue weighted by atomic mass is 9.94. The van der Waals surface area contributed by atoms with Gasteiger partial charge in [0.2, 0.25) is 11.7 Å². The summed E-state index contributed by atoms with van der Waals surface area (Å²) in [6.07, 6.45) is 3.61. The second-order valence-electron chi connectivity index (χ2n) is 12.6. The number of hydrogen-bond acceptors (Lipinski definition) is 9. The average Bonchev–Trinajstić information content (AvgIpc) is 3.74. The molecule has 0 spiro atoms. The number of nitrogens with zero attached hydrogens (tertiary/aromatic N) is 5. The Labute approximate surface area is 293 Å². The molecule has 50 heavy (non-hydrogen) atoms. The van der Waals surface area contributed by atoms with E-state index in [1.807, 2.05) is 37.4 Å². The number of hydrogen-bond donors (Lipinski definition) is 0. The van der Waals surface area contributed by atoms with E-state index in [9.17, 15) is 4.79 Å². The first-order valence-corrected chi connectivity index (χ1v) is 17.1. The zero-order valence-corrected chi connectivity index (χ0v) is 29.6. The third-order valence-corrected chi connectivity index (χ3v) is 9.51. The standard InChI is InChI=1S/C39H47N5O6/c1-41(38(45)30-24-35(47-3)37(49-5)36(25-30)48-4)26-29(28-11-8-12-31(23-28)46-2)16-19-42-17-10-18-43(21-20-42)39-40-33-14-6-7-15-34(33)44(39)27-32-13-9-22-50-32/h6-9,11-15,22-25,29H,10,16-21,26-27H2,1-5H3. The number of anilines is 1. The number of rotatable bonds is 14. The zero-order valence-electron chi connectivity index (χ0n) is 29.6. The Balaban J connectivity index is 1.17. The van der Waals surface area contributed by atoms with Gasteiger partial charge in [-0.25, -0.2) is 4.98 Å².